The highest BCUT2D eigenvalue weighted by atomic mass is 16.5. The summed E-state index contributed by atoms with van der Waals surface area (Å²) in [6.07, 6.45) is 6.03. The molecule has 0 unspecified atom stereocenters. The number of rotatable bonds is 8. The Bertz CT molecular complexity index is 574. The first-order valence-corrected chi connectivity index (χ1v) is 11.2. The maximum absolute atomic E-state index is 6.01. The maximum atomic E-state index is 6.01. The summed E-state index contributed by atoms with van der Waals surface area (Å²) in [5, 5.41) is 0. The minimum atomic E-state index is 0.198. The van der Waals surface area contributed by atoms with E-state index in [1.54, 1.807) is 0 Å². The number of hydrogen-bond acceptors (Lipinski definition) is 5. The van der Waals surface area contributed by atoms with Crippen LogP contribution in [0.4, 0.5) is 0 Å². The largest absolute Gasteiger partial charge is 0.494 e. The van der Waals surface area contributed by atoms with Crippen molar-refractivity contribution in [1.29, 1.82) is 0 Å². The van der Waals surface area contributed by atoms with Crippen LogP contribution >= 0.6 is 0 Å². The summed E-state index contributed by atoms with van der Waals surface area (Å²) in [6.45, 7) is 11.1. The van der Waals surface area contributed by atoms with Gasteiger partial charge in [-0.3, -0.25) is 4.90 Å². The van der Waals surface area contributed by atoms with Crippen molar-refractivity contribution in [2.75, 3.05) is 72.3 Å². The van der Waals surface area contributed by atoms with Gasteiger partial charge >= 0.3 is 0 Å². The van der Waals surface area contributed by atoms with Crippen LogP contribution in [0.2, 0.25) is 0 Å². The van der Waals surface area contributed by atoms with Crippen LogP contribution in [-0.2, 0) is 14.9 Å². The van der Waals surface area contributed by atoms with E-state index in [1.165, 1.54) is 38.0 Å². The molecule has 0 bridgehead atoms. The van der Waals surface area contributed by atoms with Crippen molar-refractivity contribution in [2.45, 2.75) is 37.5 Å². The fraction of sp³-hybridized carbons (Fsp3) is 0.739. The van der Waals surface area contributed by atoms with E-state index in [4.69, 9.17) is 14.2 Å². The molecule has 0 aromatic heterocycles. The molecule has 4 rings (SSSR count). The number of hydrogen-bond donors (Lipinski definition) is 0. The Hall–Kier alpha value is -1.14. The maximum Gasteiger partial charge on any atom is 0.119 e. The van der Waals surface area contributed by atoms with Crippen LogP contribution in [0.5, 0.6) is 5.75 Å². The van der Waals surface area contributed by atoms with Gasteiger partial charge in [0.05, 0.1) is 19.8 Å². The van der Waals surface area contributed by atoms with E-state index in [2.05, 4.69) is 34.1 Å². The van der Waals surface area contributed by atoms with Crippen molar-refractivity contribution >= 4 is 0 Å². The van der Waals surface area contributed by atoms with Crippen molar-refractivity contribution < 1.29 is 14.2 Å². The third-order valence-corrected chi connectivity index (χ3v) is 6.63. The summed E-state index contributed by atoms with van der Waals surface area (Å²) in [6, 6.07) is 8.92. The van der Waals surface area contributed by atoms with Gasteiger partial charge in [0.15, 0.2) is 0 Å². The minimum absolute atomic E-state index is 0.198. The van der Waals surface area contributed by atoms with E-state index in [0.717, 1.165) is 77.7 Å². The molecule has 3 saturated heterocycles. The number of benzene rings is 1. The van der Waals surface area contributed by atoms with E-state index < -0.39 is 0 Å². The number of ether oxygens (including phenoxy) is 3. The first-order chi connectivity index (χ1) is 13.8. The van der Waals surface area contributed by atoms with E-state index in [1.807, 2.05) is 0 Å². The molecule has 3 heterocycles. The zero-order chi connectivity index (χ0) is 19.1. The smallest absolute Gasteiger partial charge is 0.119 e. The molecule has 1 aromatic carbocycles. The van der Waals surface area contributed by atoms with Crippen molar-refractivity contribution in [3.05, 3.63) is 29.8 Å². The lowest BCUT2D eigenvalue weighted by Crippen LogP contribution is -2.48. The average Bonchev–Trinajstić information content (AvgIpc) is 3.27. The van der Waals surface area contributed by atoms with E-state index in [0.29, 0.717) is 0 Å². The first kappa shape index (κ1) is 20.1. The van der Waals surface area contributed by atoms with Crippen LogP contribution in [0.3, 0.4) is 0 Å². The second-order valence-electron chi connectivity index (χ2n) is 8.56. The Morgan fingerprint density at radius 1 is 0.821 bits per heavy atom. The summed E-state index contributed by atoms with van der Waals surface area (Å²) >= 11 is 0. The van der Waals surface area contributed by atoms with Crippen LogP contribution in [-0.4, -0.2) is 82.1 Å². The summed E-state index contributed by atoms with van der Waals surface area (Å²) in [5.41, 5.74) is 1.64. The average molecular weight is 389 g/mol. The normalized spacial score (nSPS) is 23.7. The second kappa shape index (κ2) is 10.1. The Morgan fingerprint density at radius 3 is 2.21 bits per heavy atom. The standard InChI is InChI=1S/C23H36N2O3/c1-2-11-24(10-1)12-3-15-28-22-6-4-21(5-7-22)23(8-16-26-17-9-23)20-25-13-18-27-19-14-25/h4-7H,1-3,8-20H2. The van der Waals surface area contributed by atoms with Crippen LogP contribution in [0.25, 0.3) is 0 Å². The SMILES string of the molecule is c1cc(C2(CN3CCOCC3)CCOCC2)ccc1OCCCN1CCCC1. The van der Waals surface area contributed by atoms with Crippen molar-refractivity contribution in [3.8, 4) is 5.75 Å². The van der Waals surface area contributed by atoms with Gasteiger partial charge in [0.1, 0.15) is 5.75 Å². The van der Waals surface area contributed by atoms with Gasteiger partial charge in [-0.25, -0.2) is 0 Å². The molecular weight excluding hydrogens is 352 g/mol. The van der Waals surface area contributed by atoms with Crippen LogP contribution in [0.15, 0.2) is 24.3 Å². The molecule has 0 N–H and O–H groups in total. The van der Waals surface area contributed by atoms with Crippen molar-refractivity contribution in [1.82, 2.24) is 9.80 Å². The van der Waals surface area contributed by atoms with Crippen LogP contribution < -0.4 is 4.74 Å². The summed E-state index contributed by atoms with van der Waals surface area (Å²) < 4.78 is 17.2. The predicted octanol–water partition coefficient (Wildman–Crippen LogP) is 2.93. The van der Waals surface area contributed by atoms with Gasteiger partial charge in [0.25, 0.3) is 0 Å². The quantitative estimate of drug-likeness (QED) is 0.640. The van der Waals surface area contributed by atoms with Crippen molar-refractivity contribution in [3.63, 3.8) is 0 Å². The number of nitrogens with zero attached hydrogens (tertiary/aromatic N) is 2. The molecule has 3 aliphatic rings. The summed E-state index contributed by atoms with van der Waals surface area (Å²) in [4.78, 5) is 5.12. The highest BCUT2D eigenvalue weighted by Gasteiger charge is 2.36. The highest BCUT2D eigenvalue weighted by molar-refractivity contribution is 5.33. The lowest BCUT2D eigenvalue weighted by molar-refractivity contribution is -0.00119. The molecule has 0 atom stereocenters. The molecule has 3 fully saturated rings. The summed E-state index contributed by atoms with van der Waals surface area (Å²) in [5.74, 6) is 0.999. The molecule has 0 amide bonds. The Morgan fingerprint density at radius 2 is 1.50 bits per heavy atom. The lowest BCUT2D eigenvalue weighted by Gasteiger charge is -2.42. The Kier molecular flexibility index (Phi) is 7.24. The van der Waals surface area contributed by atoms with E-state index in [-0.39, 0.29) is 5.41 Å². The van der Waals surface area contributed by atoms with Gasteiger partial charge in [-0.2, -0.15) is 0 Å². The van der Waals surface area contributed by atoms with Gasteiger partial charge in [-0.05, 0) is 62.9 Å². The summed E-state index contributed by atoms with van der Waals surface area (Å²) in [7, 11) is 0. The zero-order valence-electron chi connectivity index (χ0n) is 17.2. The van der Waals surface area contributed by atoms with Crippen LogP contribution in [0.1, 0.15) is 37.7 Å². The monoisotopic (exact) mass is 388 g/mol. The van der Waals surface area contributed by atoms with Gasteiger partial charge in [-0.1, -0.05) is 12.1 Å². The molecule has 156 valence electrons. The molecule has 0 saturated carbocycles. The predicted molar refractivity (Wildman–Crippen MR) is 111 cm³/mol. The van der Waals surface area contributed by atoms with E-state index >= 15 is 0 Å². The molecule has 0 aliphatic carbocycles. The molecule has 5 heteroatoms. The Balaban J connectivity index is 1.32. The fourth-order valence-electron chi connectivity index (χ4n) is 4.88. The molecule has 1 aromatic rings. The third kappa shape index (κ3) is 5.26. The lowest BCUT2D eigenvalue weighted by atomic mass is 9.73. The topological polar surface area (TPSA) is 34.2 Å². The zero-order valence-corrected chi connectivity index (χ0v) is 17.2. The first-order valence-electron chi connectivity index (χ1n) is 11.2. The number of morpholine rings is 1. The van der Waals surface area contributed by atoms with E-state index in [9.17, 15) is 0 Å². The van der Waals surface area contributed by atoms with Crippen molar-refractivity contribution in [2.24, 2.45) is 0 Å². The van der Waals surface area contributed by atoms with Gasteiger partial charge < -0.3 is 19.1 Å². The van der Waals surface area contributed by atoms with Gasteiger partial charge in [-0.15, -0.1) is 0 Å². The Labute approximate surface area is 169 Å². The minimum Gasteiger partial charge on any atom is -0.494 e. The molecule has 5 nitrogen and oxygen atoms in total. The second-order valence-corrected chi connectivity index (χ2v) is 8.56. The molecule has 0 radical (unpaired) electrons. The molecular formula is C23H36N2O3. The fourth-order valence-corrected chi connectivity index (χ4v) is 4.88. The van der Waals surface area contributed by atoms with Gasteiger partial charge in [0.2, 0.25) is 0 Å². The number of likely N-dealkylation sites (tertiary alicyclic amines) is 1. The van der Waals surface area contributed by atoms with Crippen LogP contribution in [0, 0.1) is 0 Å². The molecule has 28 heavy (non-hydrogen) atoms. The van der Waals surface area contributed by atoms with Gasteiger partial charge in [0, 0.05) is 44.8 Å². The molecule has 3 aliphatic heterocycles. The highest BCUT2D eigenvalue weighted by Crippen LogP contribution is 2.36. The molecule has 0 spiro atoms. The third-order valence-electron chi connectivity index (χ3n) is 6.63.